The van der Waals surface area contributed by atoms with Crippen molar-refractivity contribution in [1.29, 1.82) is 0 Å². The van der Waals surface area contributed by atoms with Crippen LogP contribution < -0.4 is 5.32 Å². The molecule has 0 bridgehead atoms. The summed E-state index contributed by atoms with van der Waals surface area (Å²) in [5, 5.41) is 4.46. The highest BCUT2D eigenvalue weighted by atomic mass is 35.5. The molecule has 0 spiro atoms. The zero-order valence-electron chi connectivity index (χ0n) is 13.3. The van der Waals surface area contributed by atoms with Crippen molar-refractivity contribution in [2.45, 2.75) is 29.2 Å². The highest BCUT2D eigenvalue weighted by Crippen LogP contribution is 2.61. The molecule has 3 atom stereocenters. The molecule has 0 aliphatic carbocycles. The predicted molar refractivity (Wildman–Crippen MR) is 99.8 cm³/mol. The van der Waals surface area contributed by atoms with E-state index >= 15 is 0 Å². The smallest absolute Gasteiger partial charge is 0.435 e. The van der Waals surface area contributed by atoms with Crippen LogP contribution in [0.4, 0.5) is 10.5 Å². The third-order valence-electron chi connectivity index (χ3n) is 4.35. The minimum atomic E-state index is -0.690. The summed E-state index contributed by atoms with van der Waals surface area (Å²) in [6.07, 6.45) is -1.24. The first-order valence-electron chi connectivity index (χ1n) is 7.93. The maximum Gasteiger partial charge on any atom is 0.510 e. The molecule has 0 amide bonds. The second-order valence-electron chi connectivity index (χ2n) is 5.82. The van der Waals surface area contributed by atoms with Crippen molar-refractivity contribution >= 4 is 46.8 Å². The first kappa shape index (κ1) is 16.9. The summed E-state index contributed by atoms with van der Waals surface area (Å²) in [6, 6.07) is 11.7. The highest BCUT2D eigenvalue weighted by molar-refractivity contribution is 8.00. The van der Waals surface area contributed by atoms with E-state index in [1.165, 1.54) is 0 Å². The van der Waals surface area contributed by atoms with E-state index in [2.05, 4.69) is 17.4 Å². The van der Waals surface area contributed by atoms with Crippen molar-refractivity contribution in [3.05, 3.63) is 57.6 Å². The summed E-state index contributed by atoms with van der Waals surface area (Å²) in [5.74, 6) is -0.0585. The molecule has 2 aromatic rings. The van der Waals surface area contributed by atoms with E-state index < -0.39 is 12.4 Å². The molecule has 0 saturated heterocycles. The second-order valence-corrected chi connectivity index (χ2v) is 7.84. The maximum atomic E-state index is 11.9. The number of hydrogen-bond donors (Lipinski definition) is 1. The van der Waals surface area contributed by atoms with Crippen LogP contribution in [-0.2, 0) is 9.47 Å². The molecule has 2 aliphatic rings. The van der Waals surface area contributed by atoms with E-state index in [1.807, 2.05) is 18.2 Å². The Kier molecular flexibility index (Phi) is 4.48. The van der Waals surface area contributed by atoms with Crippen LogP contribution in [0.2, 0.25) is 10.0 Å². The summed E-state index contributed by atoms with van der Waals surface area (Å²) < 4.78 is 10.5. The van der Waals surface area contributed by atoms with Gasteiger partial charge in [-0.2, -0.15) is 0 Å². The van der Waals surface area contributed by atoms with Crippen LogP contribution in [0.25, 0.3) is 0 Å². The molecule has 3 unspecified atom stereocenters. The molecular weight excluding hydrogens is 381 g/mol. The van der Waals surface area contributed by atoms with Gasteiger partial charge < -0.3 is 14.8 Å². The summed E-state index contributed by atoms with van der Waals surface area (Å²) in [6.45, 7) is 2.01. The molecule has 4 nitrogen and oxygen atoms in total. The van der Waals surface area contributed by atoms with Gasteiger partial charge in [0.15, 0.2) is 6.23 Å². The Balaban J connectivity index is 1.79. The van der Waals surface area contributed by atoms with Gasteiger partial charge in [0.2, 0.25) is 0 Å². The van der Waals surface area contributed by atoms with Gasteiger partial charge in [0, 0.05) is 26.2 Å². The van der Waals surface area contributed by atoms with Gasteiger partial charge in [0.05, 0.1) is 17.8 Å². The summed E-state index contributed by atoms with van der Waals surface area (Å²) in [4.78, 5) is 13.1. The zero-order chi connectivity index (χ0) is 17.6. The van der Waals surface area contributed by atoms with Crippen LogP contribution in [-0.4, -0.2) is 19.0 Å². The summed E-state index contributed by atoms with van der Waals surface area (Å²) >= 11 is 14.4. The Morgan fingerprint density at radius 3 is 2.88 bits per heavy atom. The number of anilines is 1. The van der Waals surface area contributed by atoms with Crippen molar-refractivity contribution in [2.75, 3.05) is 11.9 Å². The largest absolute Gasteiger partial charge is 0.510 e. The van der Waals surface area contributed by atoms with Crippen LogP contribution >= 0.6 is 35.0 Å². The Morgan fingerprint density at radius 1 is 1.28 bits per heavy atom. The highest BCUT2D eigenvalue weighted by Gasteiger charge is 2.46. The number of nitrogens with one attached hydrogen (secondary N) is 1. The molecule has 0 aromatic heterocycles. The monoisotopic (exact) mass is 395 g/mol. The number of halogens is 2. The standard InChI is InChI=1S/C18H15Cl2NO3S/c1-2-23-18(22)24-17-14-10-5-3-4-6-13(10)25-16(14)15-11(20)7-9(19)8-12(15)21-17/h3-8,14,16-17,21H,2H2,1H3. The van der Waals surface area contributed by atoms with Gasteiger partial charge in [-0.3, -0.25) is 0 Å². The molecule has 130 valence electrons. The van der Waals surface area contributed by atoms with Crippen LogP contribution in [0, 0.1) is 0 Å². The van der Waals surface area contributed by atoms with Crippen LogP contribution in [0.5, 0.6) is 0 Å². The van der Waals surface area contributed by atoms with E-state index in [0.29, 0.717) is 10.0 Å². The minimum absolute atomic E-state index is 0.0397. The molecule has 2 heterocycles. The summed E-state index contributed by atoms with van der Waals surface area (Å²) in [7, 11) is 0. The zero-order valence-corrected chi connectivity index (χ0v) is 15.6. The molecule has 25 heavy (non-hydrogen) atoms. The minimum Gasteiger partial charge on any atom is -0.435 e. The molecule has 2 aromatic carbocycles. The molecule has 1 N–H and O–H groups in total. The lowest BCUT2D eigenvalue weighted by atomic mass is 9.86. The fourth-order valence-corrected chi connectivity index (χ4v) is 5.65. The number of fused-ring (bicyclic) bond motifs is 5. The number of ether oxygens (including phenoxy) is 2. The van der Waals surface area contributed by atoms with Crippen LogP contribution in [0.15, 0.2) is 41.3 Å². The molecular formula is C18H15Cl2NO3S. The van der Waals surface area contributed by atoms with E-state index in [9.17, 15) is 4.79 Å². The van der Waals surface area contributed by atoms with Gasteiger partial charge in [-0.05, 0) is 30.7 Å². The quantitative estimate of drug-likeness (QED) is 0.646. The molecule has 2 aliphatic heterocycles. The first-order chi connectivity index (χ1) is 12.1. The first-order valence-corrected chi connectivity index (χ1v) is 9.56. The average Bonchev–Trinajstić information content (AvgIpc) is 2.93. The molecule has 0 radical (unpaired) electrons. The topological polar surface area (TPSA) is 47.6 Å². The lowest BCUT2D eigenvalue weighted by Crippen LogP contribution is -2.38. The Morgan fingerprint density at radius 2 is 2.08 bits per heavy atom. The fourth-order valence-electron chi connectivity index (χ4n) is 3.39. The number of hydrogen-bond acceptors (Lipinski definition) is 5. The number of rotatable bonds is 2. The van der Waals surface area contributed by atoms with Gasteiger partial charge in [-0.1, -0.05) is 41.4 Å². The van der Waals surface area contributed by atoms with Crippen LogP contribution in [0.1, 0.15) is 29.2 Å². The van der Waals surface area contributed by atoms with E-state index in [-0.39, 0.29) is 17.8 Å². The van der Waals surface area contributed by atoms with Crippen molar-refractivity contribution in [2.24, 2.45) is 0 Å². The Hall–Kier alpha value is -1.56. The molecule has 0 saturated carbocycles. The van der Waals surface area contributed by atoms with Crippen molar-refractivity contribution < 1.29 is 14.3 Å². The fraction of sp³-hybridized carbons (Fsp3) is 0.278. The van der Waals surface area contributed by atoms with Crippen molar-refractivity contribution in [1.82, 2.24) is 0 Å². The van der Waals surface area contributed by atoms with Gasteiger partial charge in [0.25, 0.3) is 0 Å². The maximum absolute atomic E-state index is 11.9. The number of carbonyl (C=O) groups is 1. The number of thioether (sulfide) groups is 1. The summed E-state index contributed by atoms with van der Waals surface area (Å²) in [5.41, 5.74) is 2.91. The van der Waals surface area contributed by atoms with Gasteiger partial charge in [0.1, 0.15) is 0 Å². The predicted octanol–water partition coefficient (Wildman–Crippen LogP) is 5.85. The normalized spacial score (nSPS) is 23.1. The Labute approximate surface area is 159 Å². The third-order valence-corrected chi connectivity index (χ3v) is 6.29. The van der Waals surface area contributed by atoms with Gasteiger partial charge in [-0.25, -0.2) is 4.79 Å². The molecule has 4 rings (SSSR count). The molecule has 7 heteroatoms. The van der Waals surface area contributed by atoms with Crippen molar-refractivity contribution in [3.8, 4) is 0 Å². The van der Waals surface area contributed by atoms with Crippen LogP contribution in [0.3, 0.4) is 0 Å². The lowest BCUT2D eigenvalue weighted by Gasteiger charge is -2.36. The SMILES string of the molecule is CCOC(=O)OC1Nc2cc(Cl)cc(Cl)c2C2Sc3ccccc3C12. The second kappa shape index (κ2) is 6.63. The van der Waals surface area contributed by atoms with Crippen molar-refractivity contribution in [3.63, 3.8) is 0 Å². The average molecular weight is 396 g/mol. The number of benzene rings is 2. The van der Waals surface area contributed by atoms with E-state index in [4.69, 9.17) is 32.7 Å². The Bertz CT molecular complexity index is 845. The molecule has 0 fully saturated rings. The van der Waals surface area contributed by atoms with E-state index in [1.54, 1.807) is 24.8 Å². The van der Waals surface area contributed by atoms with Gasteiger partial charge >= 0.3 is 6.16 Å². The third kappa shape index (κ3) is 2.94. The number of carbonyl (C=O) groups excluding carboxylic acids is 1. The lowest BCUT2D eigenvalue weighted by molar-refractivity contribution is 0.0249. The van der Waals surface area contributed by atoms with Gasteiger partial charge in [-0.15, -0.1) is 11.8 Å². The van der Waals surface area contributed by atoms with E-state index in [0.717, 1.165) is 21.7 Å².